The standard InChI is InChI=1S/C16H26N2O2/c1-10(2)13(5)18-16(19)9-20-15-8-11(3)6-7-14(15)12(4)17/h6-8,10,12-13H,9,17H2,1-5H3,(H,18,19). The smallest absolute Gasteiger partial charge is 0.258 e. The van der Waals surface area contributed by atoms with Gasteiger partial charge in [-0.1, -0.05) is 26.0 Å². The van der Waals surface area contributed by atoms with Gasteiger partial charge < -0.3 is 15.8 Å². The van der Waals surface area contributed by atoms with E-state index in [0.717, 1.165) is 11.1 Å². The molecule has 0 fully saturated rings. The summed E-state index contributed by atoms with van der Waals surface area (Å²) in [5.74, 6) is 0.980. The molecule has 3 N–H and O–H groups in total. The number of nitrogens with one attached hydrogen (secondary N) is 1. The highest BCUT2D eigenvalue weighted by Gasteiger charge is 2.13. The molecule has 0 bridgehead atoms. The Morgan fingerprint density at radius 1 is 1.30 bits per heavy atom. The molecule has 20 heavy (non-hydrogen) atoms. The van der Waals surface area contributed by atoms with Crippen molar-refractivity contribution < 1.29 is 9.53 Å². The van der Waals surface area contributed by atoms with E-state index in [2.05, 4.69) is 19.2 Å². The first kappa shape index (κ1) is 16.5. The zero-order valence-corrected chi connectivity index (χ0v) is 13.1. The van der Waals surface area contributed by atoms with Gasteiger partial charge in [0.2, 0.25) is 0 Å². The van der Waals surface area contributed by atoms with Crippen LogP contribution in [0.25, 0.3) is 0 Å². The fourth-order valence-corrected chi connectivity index (χ4v) is 1.75. The second-order valence-electron chi connectivity index (χ2n) is 5.72. The molecule has 1 aromatic rings. The summed E-state index contributed by atoms with van der Waals surface area (Å²) in [5, 5.41) is 2.92. The van der Waals surface area contributed by atoms with E-state index in [9.17, 15) is 4.79 Å². The fourth-order valence-electron chi connectivity index (χ4n) is 1.75. The average molecular weight is 278 g/mol. The van der Waals surface area contributed by atoms with Gasteiger partial charge in [0.25, 0.3) is 5.91 Å². The number of benzene rings is 1. The maximum atomic E-state index is 11.8. The number of carbonyl (C=O) groups is 1. The van der Waals surface area contributed by atoms with E-state index in [1.165, 1.54) is 0 Å². The first-order valence-corrected chi connectivity index (χ1v) is 7.09. The monoisotopic (exact) mass is 278 g/mol. The molecule has 0 spiro atoms. The molecule has 1 amide bonds. The van der Waals surface area contributed by atoms with Crippen molar-refractivity contribution >= 4 is 5.91 Å². The molecule has 4 nitrogen and oxygen atoms in total. The van der Waals surface area contributed by atoms with Gasteiger partial charge in [0, 0.05) is 17.6 Å². The van der Waals surface area contributed by atoms with Gasteiger partial charge in [-0.25, -0.2) is 0 Å². The molecule has 2 atom stereocenters. The maximum absolute atomic E-state index is 11.8. The molecule has 0 aromatic heterocycles. The van der Waals surface area contributed by atoms with Crippen molar-refractivity contribution in [2.24, 2.45) is 11.7 Å². The maximum Gasteiger partial charge on any atom is 0.258 e. The van der Waals surface area contributed by atoms with E-state index >= 15 is 0 Å². The van der Waals surface area contributed by atoms with Crippen LogP contribution >= 0.6 is 0 Å². The van der Waals surface area contributed by atoms with Gasteiger partial charge in [0.1, 0.15) is 5.75 Å². The topological polar surface area (TPSA) is 64.3 Å². The van der Waals surface area contributed by atoms with Crippen LogP contribution in [-0.4, -0.2) is 18.6 Å². The van der Waals surface area contributed by atoms with Gasteiger partial charge in [-0.3, -0.25) is 4.79 Å². The fraction of sp³-hybridized carbons (Fsp3) is 0.562. The summed E-state index contributed by atoms with van der Waals surface area (Å²) >= 11 is 0. The lowest BCUT2D eigenvalue weighted by Gasteiger charge is -2.18. The third-order valence-corrected chi connectivity index (χ3v) is 3.41. The lowest BCUT2D eigenvalue weighted by Crippen LogP contribution is -2.39. The van der Waals surface area contributed by atoms with Gasteiger partial charge in [-0.15, -0.1) is 0 Å². The van der Waals surface area contributed by atoms with Crippen LogP contribution in [0.4, 0.5) is 0 Å². The molecule has 4 heteroatoms. The molecule has 0 saturated carbocycles. The average Bonchev–Trinajstić information content (AvgIpc) is 2.35. The van der Waals surface area contributed by atoms with Crippen molar-refractivity contribution in [1.82, 2.24) is 5.32 Å². The summed E-state index contributed by atoms with van der Waals surface area (Å²) in [7, 11) is 0. The number of hydrogen-bond donors (Lipinski definition) is 2. The van der Waals surface area contributed by atoms with E-state index in [4.69, 9.17) is 10.5 Å². The minimum absolute atomic E-state index is 0.0141. The Balaban J connectivity index is 2.65. The molecular weight excluding hydrogens is 252 g/mol. The van der Waals surface area contributed by atoms with Gasteiger partial charge in [0.05, 0.1) is 0 Å². The van der Waals surface area contributed by atoms with Crippen LogP contribution in [0.3, 0.4) is 0 Å². The number of aryl methyl sites for hydroxylation is 1. The largest absolute Gasteiger partial charge is 0.483 e. The zero-order valence-electron chi connectivity index (χ0n) is 13.1. The quantitative estimate of drug-likeness (QED) is 0.840. The molecule has 2 unspecified atom stereocenters. The van der Waals surface area contributed by atoms with Crippen LogP contribution in [0.5, 0.6) is 5.75 Å². The van der Waals surface area contributed by atoms with Crippen LogP contribution in [0, 0.1) is 12.8 Å². The molecule has 0 saturated heterocycles. The number of amides is 1. The van der Waals surface area contributed by atoms with Crippen molar-refractivity contribution in [2.45, 2.75) is 46.7 Å². The van der Waals surface area contributed by atoms with E-state index in [-0.39, 0.29) is 24.6 Å². The van der Waals surface area contributed by atoms with Gasteiger partial charge >= 0.3 is 0 Å². The molecule has 1 rings (SSSR count). The number of nitrogens with two attached hydrogens (primary N) is 1. The molecule has 0 heterocycles. The second kappa shape index (κ2) is 7.29. The predicted molar refractivity (Wildman–Crippen MR) is 81.7 cm³/mol. The molecule has 0 radical (unpaired) electrons. The Morgan fingerprint density at radius 3 is 2.50 bits per heavy atom. The Kier molecular flexibility index (Phi) is 6.02. The van der Waals surface area contributed by atoms with Gasteiger partial charge in [0.15, 0.2) is 6.61 Å². The summed E-state index contributed by atoms with van der Waals surface area (Å²) in [4.78, 5) is 11.8. The molecule has 0 aliphatic heterocycles. The minimum Gasteiger partial charge on any atom is -0.483 e. The number of carbonyl (C=O) groups excluding carboxylic acids is 1. The third-order valence-electron chi connectivity index (χ3n) is 3.41. The van der Waals surface area contributed by atoms with Crippen molar-refractivity contribution in [3.8, 4) is 5.75 Å². The summed E-state index contributed by atoms with van der Waals surface area (Å²) in [6, 6.07) is 5.87. The minimum atomic E-state index is -0.122. The van der Waals surface area contributed by atoms with Gasteiger partial charge in [-0.2, -0.15) is 0 Å². The van der Waals surface area contributed by atoms with Crippen LogP contribution < -0.4 is 15.8 Å². The van der Waals surface area contributed by atoms with Crippen molar-refractivity contribution in [3.63, 3.8) is 0 Å². The zero-order chi connectivity index (χ0) is 15.3. The van der Waals surface area contributed by atoms with Crippen LogP contribution in [0.1, 0.15) is 44.9 Å². The van der Waals surface area contributed by atoms with Crippen LogP contribution in [-0.2, 0) is 4.79 Å². The van der Waals surface area contributed by atoms with E-state index in [0.29, 0.717) is 11.7 Å². The number of rotatable bonds is 6. The highest BCUT2D eigenvalue weighted by atomic mass is 16.5. The molecular formula is C16H26N2O2. The van der Waals surface area contributed by atoms with Crippen LogP contribution in [0.2, 0.25) is 0 Å². The molecule has 112 valence electrons. The molecule has 1 aromatic carbocycles. The predicted octanol–water partition coefficient (Wildman–Crippen LogP) is 2.55. The van der Waals surface area contributed by atoms with Gasteiger partial charge in [-0.05, 0) is 38.3 Å². The summed E-state index contributed by atoms with van der Waals surface area (Å²) < 4.78 is 5.63. The summed E-state index contributed by atoms with van der Waals surface area (Å²) in [5.41, 5.74) is 7.91. The van der Waals surface area contributed by atoms with Crippen molar-refractivity contribution in [3.05, 3.63) is 29.3 Å². The first-order valence-electron chi connectivity index (χ1n) is 7.09. The lowest BCUT2D eigenvalue weighted by atomic mass is 10.1. The number of ether oxygens (including phenoxy) is 1. The molecule has 0 aliphatic rings. The summed E-state index contributed by atoms with van der Waals surface area (Å²) in [6.07, 6.45) is 0. The van der Waals surface area contributed by atoms with E-state index in [1.54, 1.807) is 0 Å². The van der Waals surface area contributed by atoms with E-state index < -0.39 is 0 Å². The second-order valence-corrected chi connectivity index (χ2v) is 5.72. The van der Waals surface area contributed by atoms with Crippen molar-refractivity contribution in [2.75, 3.05) is 6.61 Å². The summed E-state index contributed by atoms with van der Waals surface area (Å²) in [6.45, 7) is 10.0. The SMILES string of the molecule is Cc1ccc(C(C)N)c(OCC(=O)NC(C)C(C)C)c1. The highest BCUT2D eigenvalue weighted by molar-refractivity contribution is 5.77. The van der Waals surface area contributed by atoms with Crippen LogP contribution in [0.15, 0.2) is 18.2 Å². The van der Waals surface area contributed by atoms with E-state index in [1.807, 2.05) is 39.0 Å². The Morgan fingerprint density at radius 2 is 1.95 bits per heavy atom. The number of hydrogen-bond acceptors (Lipinski definition) is 3. The Hall–Kier alpha value is -1.55. The normalized spacial score (nSPS) is 13.9. The van der Waals surface area contributed by atoms with Crippen molar-refractivity contribution in [1.29, 1.82) is 0 Å². The lowest BCUT2D eigenvalue weighted by molar-refractivity contribution is -0.124. The Bertz CT molecular complexity index is 456. The highest BCUT2D eigenvalue weighted by Crippen LogP contribution is 2.25. The Labute approximate surface area is 121 Å². The first-order chi connectivity index (χ1) is 9.31. The molecule has 0 aliphatic carbocycles. The third kappa shape index (κ3) is 4.85.